The quantitative estimate of drug-likeness (QED) is 0.0231. The molecule has 0 unspecified atom stereocenters. The van der Waals surface area contributed by atoms with Gasteiger partial charge in [0, 0.05) is 172 Å². The van der Waals surface area contributed by atoms with E-state index in [1.807, 2.05) is 52.5 Å². The summed E-state index contributed by atoms with van der Waals surface area (Å²) in [5.74, 6) is 7.67. The van der Waals surface area contributed by atoms with E-state index in [0.29, 0.717) is 163 Å². The van der Waals surface area contributed by atoms with Crippen LogP contribution in [0.15, 0.2) is 130 Å². The Hall–Kier alpha value is -10.9. The van der Waals surface area contributed by atoms with E-state index in [-0.39, 0.29) is 61.8 Å². The second-order valence-corrected chi connectivity index (χ2v) is 39.3. The van der Waals surface area contributed by atoms with Gasteiger partial charge in [0.15, 0.2) is 36.3 Å². The minimum Gasteiger partial charge on any atom is -0.507 e. The summed E-state index contributed by atoms with van der Waals surface area (Å²) in [5.41, 5.74) is 9.69. The number of aromatic hydroxyl groups is 1. The molecule has 0 spiro atoms. The molecule has 43 heteroatoms. The fourth-order valence-electron chi connectivity index (χ4n) is 16.0. The SMILES string of the molecule is Cc1ccc(O)c(C2=Nc3[nH]c(=S)[nH]c(=O)c3C2)c1.Cc1cccc(-c2nc3[nH]c(=S)[nH]c(=O)c3n2CC2CC2)c1.Cn1c(=S)c2c(nc(SCCN3CCOCC3)n2CCCC(=O)O)n(C)c1=O.Cn1c2c(c(=O)n(CC3CC3)c1=O)CC(SCC1CC1)=N2.Cn1c2c(c(=O)n(CC3CC3)c1=O)CC(SCCN1CCOCC1)=N2.O=c1[nH]c(=S)[nH]c2c1CC(c1cccnc1)=N2. The second kappa shape index (κ2) is 41.7. The van der Waals surface area contributed by atoms with Crippen LogP contribution in [0.2, 0.25) is 0 Å². The number of phenols is 1. The first kappa shape index (κ1) is 94.3. The van der Waals surface area contributed by atoms with E-state index in [1.165, 1.54) is 54.1 Å². The van der Waals surface area contributed by atoms with E-state index in [2.05, 4.69) is 93.7 Å². The third-order valence-electron chi connectivity index (χ3n) is 24.1. The van der Waals surface area contributed by atoms with Gasteiger partial charge in [-0.3, -0.25) is 85.9 Å². The smallest absolute Gasteiger partial charge is 0.332 e. The first-order valence-electron chi connectivity index (χ1n) is 44.1. The number of hydrogen-bond acceptors (Lipinski definition) is 28. The number of thioether (sulfide) groups is 3. The van der Waals surface area contributed by atoms with Crippen molar-refractivity contribution in [2.75, 3.05) is 83.0 Å². The summed E-state index contributed by atoms with van der Waals surface area (Å²) >= 11 is 25.4. The molecule has 694 valence electrons. The molecule has 0 bridgehead atoms. The number of aliphatic imine (C=N–C) groups is 4. The Labute approximate surface area is 788 Å². The van der Waals surface area contributed by atoms with Gasteiger partial charge in [-0.15, -0.1) is 23.5 Å². The first-order chi connectivity index (χ1) is 63.6. The Kier molecular flexibility index (Phi) is 29.8. The number of pyridine rings is 1. The van der Waals surface area contributed by atoms with Crippen LogP contribution in [0.5, 0.6) is 5.75 Å². The molecule has 6 aliphatic heterocycles. The van der Waals surface area contributed by atoms with Crippen LogP contribution in [0.25, 0.3) is 33.7 Å². The van der Waals surface area contributed by atoms with Gasteiger partial charge in [-0.05, 0) is 156 Å². The summed E-state index contributed by atoms with van der Waals surface area (Å²) in [7, 11) is 6.76. The van der Waals surface area contributed by atoms with Gasteiger partial charge >= 0.3 is 23.0 Å². The van der Waals surface area contributed by atoms with Gasteiger partial charge < -0.3 is 43.8 Å². The molecule has 2 saturated heterocycles. The molecule has 10 aliphatic rings. The summed E-state index contributed by atoms with van der Waals surface area (Å²) < 4.78 is 24.8. The lowest BCUT2D eigenvalue weighted by Crippen LogP contribution is -2.40. The van der Waals surface area contributed by atoms with Gasteiger partial charge in [-0.25, -0.2) is 44.3 Å². The van der Waals surface area contributed by atoms with Gasteiger partial charge in [-0.1, -0.05) is 65.4 Å². The largest absolute Gasteiger partial charge is 0.507 e. The topological polar surface area (TPSA) is 441 Å². The normalized spacial score (nSPS) is 16.5. The third-order valence-corrected chi connectivity index (χ3v) is 28.3. The number of nitrogens with zero attached hydrogens (tertiary/aromatic N) is 17. The van der Waals surface area contributed by atoms with Crippen LogP contribution >= 0.6 is 84.2 Å². The van der Waals surface area contributed by atoms with Crippen LogP contribution in [-0.2, 0) is 94.3 Å². The number of imidazole rings is 2. The van der Waals surface area contributed by atoms with Gasteiger partial charge in [0.25, 0.3) is 27.8 Å². The number of rotatable bonds is 22. The first-order valence-corrected chi connectivity index (χ1v) is 48.7. The number of fused-ring (bicyclic) bond motifs is 6. The minimum atomic E-state index is -0.831. The van der Waals surface area contributed by atoms with E-state index in [0.717, 1.165) is 165 Å². The van der Waals surface area contributed by atoms with E-state index in [1.54, 1.807) is 86.5 Å². The number of hydrogen-bond donors (Lipinski definition) is 8. The Balaban J connectivity index is 0.000000116. The molecular weight excluding hydrogens is 1820 g/mol. The van der Waals surface area contributed by atoms with Crippen molar-refractivity contribution in [1.29, 1.82) is 0 Å². The molecule has 15 heterocycles. The summed E-state index contributed by atoms with van der Waals surface area (Å²) in [6.07, 6.45) is 15.6. The lowest BCUT2D eigenvalue weighted by atomic mass is 10.0. The monoisotopic (exact) mass is 1930 g/mol. The van der Waals surface area contributed by atoms with E-state index >= 15 is 0 Å². The molecule has 0 radical (unpaired) electrons. The summed E-state index contributed by atoms with van der Waals surface area (Å²) in [5, 5.41) is 21.6. The number of aliphatic carboxylic acids is 1. The Morgan fingerprint density at radius 3 is 1.58 bits per heavy atom. The fourth-order valence-corrected chi connectivity index (χ4v) is 20.1. The third kappa shape index (κ3) is 22.6. The number of benzene rings is 2. The molecule has 6 fully saturated rings. The van der Waals surface area contributed by atoms with Crippen LogP contribution in [-0.4, -0.2) is 212 Å². The highest BCUT2D eigenvalue weighted by molar-refractivity contribution is 8.14. The number of aryl methyl sites for hydroxylation is 4. The zero-order valence-electron chi connectivity index (χ0n) is 73.9. The number of carboxylic acid groups (broad SMARTS) is 1. The zero-order valence-corrected chi connectivity index (χ0v) is 79.6. The van der Waals surface area contributed by atoms with Crippen molar-refractivity contribution in [2.24, 2.45) is 71.8 Å². The van der Waals surface area contributed by atoms with E-state index < -0.39 is 5.97 Å². The average molecular weight is 1930 g/mol. The number of carboxylic acids is 1. The predicted octanol–water partition coefficient (Wildman–Crippen LogP) is 10.2. The molecule has 4 saturated carbocycles. The standard InChI is InChI=1S/C17H25N5O4S2.C17H24N4O3S.C16H16N4OS.C15H19N3O2S.C13H11N3O2S.C11H8N4OS/c1-19-14-13(15(27)20(2)17(19)25)22(5-3-4-12(23)24)16(18-14)28-11-8-21-6-9-26-10-7-21;1-19-15-13(16(22)21(17(19)23)11-12-2-3-12)10-14(18-15)25-9-6-20-4-7-24-8-5-20;1-9-3-2-4-11(7-9)14-17-13-12(15(21)19-16(22)18-13)20(14)8-10-5-6-10;1-17-13-11(6-12(16-13)21-8-10-4-5-10)14(19)18(15(17)20)7-9-2-3-9;1-6-2-3-10(17)7(4-6)9-5-8-11(14-9)15-13(19)16-12(8)18;16-10-7-4-8(6-2-1-3-12-5-6)13-9(7)14-11(17)15-10/h3-11H2,1-2H3,(H,23,24);12H,2-11H2,1H3;2-4,7,10H,5-6,8H2,1H3,(H2,18,19,21,22);9-10H,2-8H2,1H3;2-4,17H,5H2,1H3,(H2,15,16,18,19);1-3,5H,4H2,(H2,14,15,16,17). The van der Waals surface area contributed by atoms with Crippen molar-refractivity contribution in [3.8, 4) is 17.1 Å². The number of phenolic OH excluding ortho intramolecular Hbond substituents is 1. The number of morpholine rings is 2. The van der Waals surface area contributed by atoms with Crippen LogP contribution in [0.1, 0.15) is 109 Å². The molecule has 2 aromatic carbocycles. The van der Waals surface area contributed by atoms with E-state index in [9.17, 15) is 48.3 Å². The van der Waals surface area contributed by atoms with Crippen molar-refractivity contribution in [3.05, 3.63) is 214 Å². The minimum absolute atomic E-state index is 0.0716. The maximum Gasteiger partial charge on any atom is 0.332 e. The number of aromatic nitrogens is 17. The van der Waals surface area contributed by atoms with Gasteiger partial charge in [0.1, 0.15) is 45.0 Å². The van der Waals surface area contributed by atoms with Crippen molar-refractivity contribution in [2.45, 2.75) is 135 Å². The lowest BCUT2D eigenvalue weighted by molar-refractivity contribution is -0.137. The molecule has 0 atom stereocenters. The highest BCUT2D eigenvalue weighted by Crippen LogP contribution is 2.39. The number of carbonyl (C=O) groups is 1. The highest BCUT2D eigenvalue weighted by Gasteiger charge is 2.34. The van der Waals surface area contributed by atoms with Crippen LogP contribution in [0.3, 0.4) is 0 Å². The van der Waals surface area contributed by atoms with Crippen LogP contribution in [0.4, 0.5) is 23.3 Å². The molecule has 36 nitrogen and oxygen atoms in total. The number of aromatic amines is 6. The van der Waals surface area contributed by atoms with Gasteiger partial charge in [0.2, 0.25) is 0 Å². The molecule has 4 aliphatic carbocycles. The molecule has 9 aromatic heterocycles. The Bertz CT molecular complexity index is 7220. The average Bonchev–Trinajstić information content (AvgIpc) is 1.59. The molecular formula is C89H103N23O13S7. The number of nitrogens with one attached hydrogen (secondary N) is 6. The van der Waals surface area contributed by atoms with Gasteiger partial charge in [0.05, 0.1) is 70.2 Å². The van der Waals surface area contributed by atoms with E-state index in [4.69, 9.17) is 63.5 Å². The molecule has 8 N–H and O–H groups in total. The van der Waals surface area contributed by atoms with Crippen LogP contribution in [0, 0.1) is 56.5 Å². The molecule has 0 amide bonds. The number of ether oxygens (including phenoxy) is 2. The maximum atomic E-state index is 12.7. The molecule has 11 aromatic rings. The van der Waals surface area contributed by atoms with Crippen molar-refractivity contribution >= 4 is 157 Å². The second-order valence-electron chi connectivity index (χ2n) is 34.3. The van der Waals surface area contributed by atoms with Crippen molar-refractivity contribution in [1.82, 2.24) is 91.2 Å². The Morgan fingerprint density at radius 1 is 0.508 bits per heavy atom. The highest BCUT2D eigenvalue weighted by atomic mass is 32.2. The molecule has 21 rings (SSSR count). The summed E-state index contributed by atoms with van der Waals surface area (Å²) in [6.45, 7) is 15.3. The lowest BCUT2D eigenvalue weighted by Gasteiger charge is -2.26. The van der Waals surface area contributed by atoms with Crippen molar-refractivity contribution < 1.29 is 24.5 Å². The zero-order chi connectivity index (χ0) is 92.9. The predicted molar refractivity (Wildman–Crippen MR) is 523 cm³/mol. The summed E-state index contributed by atoms with van der Waals surface area (Å²) in [6, 6.07) is 17.2. The Morgan fingerprint density at radius 2 is 1.03 bits per heavy atom. The maximum absolute atomic E-state index is 12.7. The van der Waals surface area contributed by atoms with Crippen molar-refractivity contribution in [3.63, 3.8) is 0 Å². The fraction of sp³-hybridized carbons (Fsp3) is 0.461. The molecule has 132 heavy (non-hydrogen) atoms. The number of H-pyrrole nitrogens is 6. The summed E-state index contributed by atoms with van der Waals surface area (Å²) in [4.78, 5) is 162. The van der Waals surface area contributed by atoms with Crippen LogP contribution < -0.4 is 44.9 Å². The van der Waals surface area contributed by atoms with Gasteiger partial charge in [-0.2, -0.15) is 0 Å².